The Kier molecular flexibility index (Phi) is 6.51. The minimum Gasteiger partial charge on any atom is -0.344 e. The molecule has 0 spiro atoms. The molecule has 0 saturated carbocycles. The molecular formula is C16H20FN5O2S. The number of aromatic amines is 1. The van der Waals surface area contributed by atoms with Crippen LogP contribution in [0.15, 0.2) is 23.4 Å². The van der Waals surface area contributed by atoms with Gasteiger partial charge in [-0.2, -0.15) is 0 Å². The van der Waals surface area contributed by atoms with Crippen LogP contribution in [0.4, 0.5) is 10.1 Å². The minimum absolute atomic E-state index is 0.105. The molecule has 1 atom stereocenters. The zero-order valence-corrected chi connectivity index (χ0v) is 15.0. The molecule has 0 aliphatic rings. The number of aryl methyl sites for hydroxylation is 2. The molecule has 2 amide bonds. The summed E-state index contributed by atoms with van der Waals surface area (Å²) in [5, 5.41) is 12.5. The number of aromatic nitrogens is 3. The molecule has 25 heavy (non-hydrogen) atoms. The van der Waals surface area contributed by atoms with E-state index < -0.39 is 6.04 Å². The van der Waals surface area contributed by atoms with E-state index in [0.717, 1.165) is 12.2 Å². The van der Waals surface area contributed by atoms with Crippen LogP contribution in [-0.4, -0.2) is 38.8 Å². The van der Waals surface area contributed by atoms with Gasteiger partial charge in [-0.25, -0.2) is 9.37 Å². The lowest BCUT2D eigenvalue weighted by molar-refractivity contribution is -0.124. The summed E-state index contributed by atoms with van der Waals surface area (Å²) in [6, 6.07) is 3.36. The Hall–Kier alpha value is -2.42. The maximum absolute atomic E-state index is 13.1. The Balaban J connectivity index is 1.82. The number of nitrogens with one attached hydrogen (secondary N) is 3. The van der Waals surface area contributed by atoms with Gasteiger partial charge in [0.1, 0.15) is 17.7 Å². The smallest absolute Gasteiger partial charge is 0.246 e. The Morgan fingerprint density at radius 2 is 2.16 bits per heavy atom. The number of carbonyl (C=O) groups is 2. The van der Waals surface area contributed by atoms with Gasteiger partial charge in [0.05, 0.1) is 5.75 Å². The fraction of sp³-hybridized carbons (Fsp3) is 0.375. The second-order valence-electron chi connectivity index (χ2n) is 5.44. The summed E-state index contributed by atoms with van der Waals surface area (Å²) >= 11 is 1.19. The van der Waals surface area contributed by atoms with Crippen LogP contribution in [-0.2, 0) is 16.0 Å². The van der Waals surface area contributed by atoms with E-state index in [1.807, 2.05) is 6.92 Å². The number of H-pyrrole nitrogens is 1. The molecule has 0 fully saturated rings. The molecule has 1 aromatic heterocycles. The van der Waals surface area contributed by atoms with E-state index in [9.17, 15) is 14.0 Å². The predicted molar refractivity (Wildman–Crippen MR) is 93.9 cm³/mol. The molecule has 2 rings (SSSR count). The van der Waals surface area contributed by atoms with Gasteiger partial charge < -0.3 is 10.6 Å². The summed E-state index contributed by atoms with van der Waals surface area (Å²) < 4.78 is 13.1. The Morgan fingerprint density at radius 1 is 1.40 bits per heavy atom. The lowest BCUT2D eigenvalue weighted by Crippen LogP contribution is -2.42. The Bertz CT molecular complexity index is 765. The van der Waals surface area contributed by atoms with E-state index >= 15 is 0 Å². The van der Waals surface area contributed by atoms with Gasteiger partial charge in [0.2, 0.25) is 17.0 Å². The van der Waals surface area contributed by atoms with E-state index in [1.54, 1.807) is 13.8 Å². The van der Waals surface area contributed by atoms with Crippen molar-refractivity contribution in [2.24, 2.45) is 0 Å². The number of nitrogens with zero attached hydrogens (tertiary/aromatic N) is 2. The van der Waals surface area contributed by atoms with Crippen molar-refractivity contribution in [1.82, 2.24) is 20.5 Å². The van der Waals surface area contributed by atoms with Gasteiger partial charge >= 0.3 is 0 Å². The molecule has 0 aliphatic carbocycles. The second-order valence-corrected chi connectivity index (χ2v) is 6.39. The molecule has 2 aromatic rings. The third-order valence-electron chi connectivity index (χ3n) is 3.40. The van der Waals surface area contributed by atoms with Crippen molar-refractivity contribution in [3.05, 3.63) is 35.4 Å². The molecule has 0 bridgehead atoms. The lowest BCUT2D eigenvalue weighted by atomic mass is 10.2. The van der Waals surface area contributed by atoms with Crippen molar-refractivity contribution in [2.75, 3.05) is 11.1 Å². The number of benzene rings is 1. The van der Waals surface area contributed by atoms with Gasteiger partial charge in [0.15, 0.2) is 0 Å². The van der Waals surface area contributed by atoms with Crippen molar-refractivity contribution < 1.29 is 14.0 Å². The monoisotopic (exact) mass is 365 g/mol. The molecule has 1 aromatic carbocycles. The summed E-state index contributed by atoms with van der Waals surface area (Å²) in [5.74, 6) is -0.184. The highest BCUT2D eigenvalue weighted by atomic mass is 32.2. The van der Waals surface area contributed by atoms with E-state index in [4.69, 9.17) is 0 Å². The van der Waals surface area contributed by atoms with Gasteiger partial charge in [-0.15, -0.1) is 5.10 Å². The number of anilines is 1. The van der Waals surface area contributed by atoms with Crippen molar-refractivity contribution >= 4 is 29.3 Å². The highest BCUT2D eigenvalue weighted by molar-refractivity contribution is 7.99. The first-order chi connectivity index (χ1) is 11.9. The van der Waals surface area contributed by atoms with Crippen molar-refractivity contribution in [2.45, 2.75) is 38.4 Å². The quantitative estimate of drug-likeness (QED) is 0.652. The number of halogens is 1. The molecule has 3 N–H and O–H groups in total. The fourth-order valence-electron chi connectivity index (χ4n) is 1.99. The first kappa shape index (κ1) is 18.9. The van der Waals surface area contributed by atoms with Crippen molar-refractivity contribution in [3.8, 4) is 0 Å². The van der Waals surface area contributed by atoms with E-state index in [0.29, 0.717) is 16.4 Å². The third-order valence-corrected chi connectivity index (χ3v) is 4.24. The van der Waals surface area contributed by atoms with Crippen LogP contribution >= 0.6 is 11.8 Å². The largest absolute Gasteiger partial charge is 0.344 e. The van der Waals surface area contributed by atoms with E-state index in [-0.39, 0.29) is 23.4 Å². The molecular weight excluding hydrogens is 345 g/mol. The molecule has 0 saturated heterocycles. The predicted octanol–water partition coefficient (Wildman–Crippen LogP) is 2.05. The molecule has 0 radical (unpaired) electrons. The van der Waals surface area contributed by atoms with E-state index in [2.05, 4.69) is 25.8 Å². The number of carbonyl (C=O) groups excluding carboxylic acids is 2. The first-order valence-corrected chi connectivity index (χ1v) is 8.78. The zero-order valence-electron chi connectivity index (χ0n) is 14.2. The molecule has 0 aliphatic heterocycles. The topological polar surface area (TPSA) is 99.8 Å². The summed E-state index contributed by atoms with van der Waals surface area (Å²) in [6.45, 7) is 5.23. The van der Waals surface area contributed by atoms with Crippen LogP contribution < -0.4 is 10.6 Å². The third kappa shape index (κ3) is 5.56. The molecule has 0 unspecified atom stereocenters. The number of amides is 2. The molecule has 1 heterocycles. The highest BCUT2D eigenvalue weighted by Gasteiger charge is 2.17. The standard InChI is InChI=1S/C16H20FN5O2S/c1-4-13-20-16(22-21-13)25-8-14(23)18-10(3)15(24)19-12-6-5-11(17)7-9(12)2/h5-7,10H,4,8H2,1-3H3,(H,18,23)(H,19,24)(H,20,21,22)/t10-/m1/s1. The Labute approximate surface area is 149 Å². The van der Waals surface area contributed by atoms with Crippen molar-refractivity contribution in [3.63, 3.8) is 0 Å². The number of rotatable bonds is 7. The van der Waals surface area contributed by atoms with Crippen LogP contribution in [0.2, 0.25) is 0 Å². The number of hydrogen-bond donors (Lipinski definition) is 3. The van der Waals surface area contributed by atoms with Crippen LogP contribution in [0, 0.1) is 12.7 Å². The molecule has 134 valence electrons. The average molecular weight is 365 g/mol. The minimum atomic E-state index is -0.726. The zero-order chi connectivity index (χ0) is 18.4. The van der Waals surface area contributed by atoms with Gasteiger partial charge in [-0.1, -0.05) is 18.7 Å². The van der Waals surface area contributed by atoms with Gasteiger partial charge in [0.25, 0.3) is 0 Å². The maximum Gasteiger partial charge on any atom is 0.246 e. The summed E-state index contributed by atoms with van der Waals surface area (Å²) in [7, 11) is 0. The van der Waals surface area contributed by atoms with Crippen molar-refractivity contribution in [1.29, 1.82) is 0 Å². The van der Waals surface area contributed by atoms with Gasteiger partial charge in [-0.3, -0.25) is 14.7 Å². The lowest BCUT2D eigenvalue weighted by Gasteiger charge is -2.15. The van der Waals surface area contributed by atoms with Gasteiger partial charge in [0, 0.05) is 12.1 Å². The highest BCUT2D eigenvalue weighted by Crippen LogP contribution is 2.16. The second kappa shape index (κ2) is 8.61. The average Bonchev–Trinajstić information content (AvgIpc) is 3.03. The number of thioether (sulfide) groups is 1. The van der Waals surface area contributed by atoms with Crippen LogP contribution in [0.5, 0.6) is 0 Å². The first-order valence-electron chi connectivity index (χ1n) is 7.79. The Morgan fingerprint density at radius 3 is 2.80 bits per heavy atom. The maximum atomic E-state index is 13.1. The van der Waals surface area contributed by atoms with E-state index in [1.165, 1.54) is 30.0 Å². The van der Waals surface area contributed by atoms with Gasteiger partial charge in [-0.05, 0) is 37.6 Å². The fourth-order valence-corrected chi connectivity index (χ4v) is 2.62. The SMILES string of the molecule is CCc1nc(SCC(=O)N[C@H](C)C(=O)Nc2ccc(F)cc2C)n[nH]1. The molecule has 9 heteroatoms. The van der Waals surface area contributed by atoms with Crippen LogP contribution in [0.1, 0.15) is 25.2 Å². The summed E-state index contributed by atoms with van der Waals surface area (Å²) in [6.07, 6.45) is 0.736. The summed E-state index contributed by atoms with van der Waals surface area (Å²) in [5.41, 5.74) is 1.12. The summed E-state index contributed by atoms with van der Waals surface area (Å²) in [4.78, 5) is 28.3. The number of hydrogen-bond acceptors (Lipinski definition) is 5. The van der Waals surface area contributed by atoms with Crippen LogP contribution in [0.25, 0.3) is 0 Å². The normalized spacial score (nSPS) is 11.8. The molecule has 7 nitrogen and oxygen atoms in total. The van der Waals surface area contributed by atoms with Crippen LogP contribution in [0.3, 0.4) is 0 Å².